The number of hydrogen-bond donors (Lipinski definition) is 4. The molecule has 7 heteroatoms. The van der Waals surface area contributed by atoms with Crippen LogP contribution in [-0.2, 0) is 11.3 Å². The maximum atomic E-state index is 11.7. The van der Waals surface area contributed by atoms with Gasteiger partial charge in [-0.1, -0.05) is 13.8 Å². The van der Waals surface area contributed by atoms with Gasteiger partial charge >= 0.3 is 12.0 Å². The van der Waals surface area contributed by atoms with Gasteiger partial charge in [-0.2, -0.15) is 5.10 Å². The fraction of sp³-hybridized carbons (Fsp3) is 0.643. The lowest BCUT2D eigenvalue weighted by molar-refractivity contribution is -0.138. The summed E-state index contributed by atoms with van der Waals surface area (Å²) in [5, 5.41) is 21.0. The first-order chi connectivity index (χ1) is 9.88. The van der Waals surface area contributed by atoms with E-state index < -0.39 is 5.97 Å². The zero-order chi connectivity index (χ0) is 15.8. The molecule has 0 radical (unpaired) electrons. The average molecular weight is 296 g/mol. The molecule has 2 amide bonds. The number of aryl methyl sites for hydroxylation is 1. The first-order valence-corrected chi connectivity index (χ1v) is 7.10. The maximum Gasteiger partial charge on any atom is 0.315 e. The Hall–Kier alpha value is -2.05. The van der Waals surface area contributed by atoms with Gasteiger partial charge in [-0.25, -0.2) is 4.79 Å². The summed E-state index contributed by atoms with van der Waals surface area (Å²) in [6.45, 7) is 6.71. The first-order valence-electron chi connectivity index (χ1n) is 7.10. The molecule has 0 saturated carbocycles. The number of aliphatic carboxylic acids is 1. The summed E-state index contributed by atoms with van der Waals surface area (Å²) in [4.78, 5) is 22.5. The Kier molecular flexibility index (Phi) is 6.71. The van der Waals surface area contributed by atoms with Gasteiger partial charge in [0.25, 0.3) is 0 Å². The lowest BCUT2D eigenvalue weighted by Gasteiger charge is -2.18. The van der Waals surface area contributed by atoms with Gasteiger partial charge in [0.1, 0.15) is 0 Å². The molecular formula is C14H24N4O3. The number of carbonyl (C=O) groups is 2. The van der Waals surface area contributed by atoms with Crippen LogP contribution in [0.2, 0.25) is 0 Å². The van der Waals surface area contributed by atoms with Gasteiger partial charge < -0.3 is 15.7 Å². The number of H-pyrrole nitrogens is 1. The molecule has 1 atom stereocenters. The van der Waals surface area contributed by atoms with Crippen LogP contribution in [0.4, 0.5) is 4.79 Å². The van der Waals surface area contributed by atoms with Gasteiger partial charge in [0.2, 0.25) is 0 Å². The monoisotopic (exact) mass is 296 g/mol. The van der Waals surface area contributed by atoms with E-state index in [1.54, 1.807) is 6.20 Å². The number of nitrogens with zero attached hydrogens (tertiary/aromatic N) is 1. The minimum Gasteiger partial charge on any atom is -0.481 e. The van der Waals surface area contributed by atoms with Crippen LogP contribution < -0.4 is 10.6 Å². The van der Waals surface area contributed by atoms with E-state index in [1.165, 1.54) is 0 Å². The van der Waals surface area contributed by atoms with Gasteiger partial charge in [-0.15, -0.1) is 0 Å². The molecule has 0 aliphatic rings. The Morgan fingerprint density at radius 1 is 1.38 bits per heavy atom. The van der Waals surface area contributed by atoms with Crippen LogP contribution >= 0.6 is 0 Å². The second kappa shape index (κ2) is 8.28. The molecule has 0 aromatic carbocycles. The summed E-state index contributed by atoms with van der Waals surface area (Å²) in [7, 11) is 0. The largest absolute Gasteiger partial charge is 0.481 e. The highest BCUT2D eigenvalue weighted by Crippen LogP contribution is 2.14. The minimum absolute atomic E-state index is 0.0519. The summed E-state index contributed by atoms with van der Waals surface area (Å²) in [5.74, 6) is -0.492. The average Bonchev–Trinajstić information content (AvgIpc) is 2.77. The highest BCUT2D eigenvalue weighted by atomic mass is 16.4. The molecule has 0 bridgehead atoms. The van der Waals surface area contributed by atoms with Crippen LogP contribution in [-0.4, -0.2) is 33.8 Å². The van der Waals surface area contributed by atoms with Gasteiger partial charge in [0.05, 0.1) is 6.20 Å². The van der Waals surface area contributed by atoms with E-state index in [4.69, 9.17) is 5.11 Å². The minimum atomic E-state index is -0.836. The van der Waals surface area contributed by atoms with E-state index in [9.17, 15) is 9.59 Å². The first kappa shape index (κ1) is 17.0. The van der Waals surface area contributed by atoms with Crippen LogP contribution in [0, 0.1) is 18.8 Å². The Bertz CT molecular complexity index is 471. The number of aromatic nitrogens is 2. The lowest BCUT2D eigenvalue weighted by Crippen LogP contribution is -2.38. The van der Waals surface area contributed by atoms with Crippen molar-refractivity contribution in [3.63, 3.8) is 0 Å². The molecule has 0 unspecified atom stereocenters. The molecule has 1 aromatic heterocycles. The standard InChI is InChI=1S/C14H24N4O3/c1-9(2)4-11(5-13(19)20)6-15-14(21)16-7-12-8-17-18-10(12)3/h8-9,11H,4-7H2,1-3H3,(H,17,18)(H,19,20)(H2,15,16,21)/t11-/m0/s1. The molecular weight excluding hydrogens is 272 g/mol. The summed E-state index contributed by atoms with van der Waals surface area (Å²) >= 11 is 0. The number of hydrogen-bond acceptors (Lipinski definition) is 3. The number of rotatable bonds is 8. The Morgan fingerprint density at radius 3 is 2.62 bits per heavy atom. The highest BCUT2D eigenvalue weighted by Gasteiger charge is 2.16. The number of nitrogens with one attached hydrogen (secondary N) is 3. The van der Waals surface area contributed by atoms with E-state index in [0.29, 0.717) is 19.0 Å². The molecule has 4 N–H and O–H groups in total. The van der Waals surface area contributed by atoms with E-state index in [1.807, 2.05) is 20.8 Å². The molecule has 1 heterocycles. The highest BCUT2D eigenvalue weighted by molar-refractivity contribution is 5.74. The molecule has 0 fully saturated rings. The van der Waals surface area contributed by atoms with Crippen molar-refractivity contribution >= 4 is 12.0 Å². The predicted molar refractivity (Wildman–Crippen MR) is 78.8 cm³/mol. The zero-order valence-corrected chi connectivity index (χ0v) is 12.8. The van der Waals surface area contributed by atoms with Gasteiger partial charge in [0, 0.05) is 30.8 Å². The van der Waals surface area contributed by atoms with E-state index in [0.717, 1.165) is 17.7 Å². The number of aromatic amines is 1. The molecule has 0 saturated heterocycles. The molecule has 1 rings (SSSR count). The van der Waals surface area contributed by atoms with Crippen molar-refractivity contribution in [1.29, 1.82) is 0 Å². The van der Waals surface area contributed by atoms with Crippen LogP contribution in [0.25, 0.3) is 0 Å². The van der Waals surface area contributed by atoms with Crippen molar-refractivity contribution in [2.75, 3.05) is 6.54 Å². The number of urea groups is 1. The van der Waals surface area contributed by atoms with Gasteiger partial charge in [0.15, 0.2) is 0 Å². The van der Waals surface area contributed by atoms with Crippen molar-refractivity contribution in [2.45, 2.75) is 40.2 Å². The zero-order valence-electron chi connectivity index (χ0n) is 12.8. The number of carboxylic acids is 1. The third-order valence-corrected chi connectivity index (χ3v) is 3.19. The van der Waals surface area contributed by atoms with E-state index >= 15 is 0 Å². The third kappa shape index (κ3) is 6.78. The molecule has 1 aromatic rings. The molecule has 0 aliphatic heterocycles. The van der Waals surface area contributed by atoms with Gasteiger partial charge in [-0.3, -0.25) is 9.89 Å². The predicted octanol–water partition coefficient (Wildman–Crippen LogP) is 1.65. The van der Waals surface area contributed by atoms with Crippen LogP contribution in [0.5, 0.6) is 0 Å². The van der Waals surface area contributed by atoms with Crippen LogP contribution in [0.15, 0.2) is 6.20 Å². The second-order valence-electron chi connectivity index (χ2n) is 5.68. The third-order valence-electron chi connectivity index (χ3n) is 3.19. The van der Waals surface area contributed by atoms with Crippen molar-refractivity contribution < 1.29 is 14.7 Å². The molecule has 118 valence electrons. The molecule has 0 aliphatic carbocycles. The van der Waals surface area contributed by atoms with Gasteiger partial charge in [-0.05, 0) is 25.2 Å². The Morgan fingerprint density at radius 2 is 2.10 bits per heavy atom. The fourth-order valence-electron chi connectivity index (χ4n) is 2.18. The molecule has 21 heavy (non-hydrogen) atoms. The SMILES string of the molecule is Cc1[nH]ncc1CNC(=O)NC[C@H](CC(=O)O)CC(C)C. The van der Waals surface area contributed by atoms with Crippen molar-refractivity contribution in [3.8, 4) is 0 Å². The summed E-state index contributed by atoms with van der Waals surface area (Å²) in [5.41, 5.74) is 1.84. The smallest absolute Gasteiger partial charge is 0.315 e. The lowest BCUT2D eigenvalue weighted by atomic mass is 9.94. The van der Waals surface area contributed by atoms with Crippen molar-refractivity contribution in [3.05, 3.63) is 17.5 Å². The van der Waals surface area contributed by atoms with Crippen molar-refractivity contribution in [1.82, 2.24) is 20.8 Å². The Labute approximate surface area is 124 Å². The summed E-state index contributed by atoms with van der Waals surface area (Å²) < 4.78 is 0. The van der Waals surface area contributed by atoms with Crippen LogP contribution in [0.3, 0.4) is 0 Å². The molecule has 0 spiro atoms. The van der Waals surface area contributed by atoms with E-state index in [2.05, 4.69) is 20.8 Å². The maximum absolute atomic E-state index is 11.7. The summed E-state index contributed by atoms with van der Waals surface area (Å²) in [6.07, 6.45) is 2.51. The summed E-state index contributed by atoms with van der Waals surface area (Å²) in [6, 6.07) is -0.297. The number of amides is 2. The number of carbonyl (C=O) groups excluding carboxylic acids is 1. The Balaban J connectivity index is 2.35. The topological polar surface area (TPSA) is 107 Å². The van der Waals surface area contributed by atoms with Crippen molar-refractivity contribution in [2.24, 2.45) is 11.8 Å². The molecule has 7 nitrogen and oxygen atoms in total. The quantitative estimate of drug-likeness (QED) is 0.585. The normalized spacial score (nSPS) is 12.2. The van der Waals surface area contributed by atoms with Crippen LogP contribution in [0.1, 0.15) is 37.9 Å². The fourth-order valence-corrected chi connectivity index (χ4v) is 2.18. The van der Waals surface area contributed by atoms with E-state index in [-0.39, 0.29) is 18.4 Å². The number of carboxylic acid groups (broad SMARTS) is 1. The second-order valence-corrected chi connectivity index (χ2v) is 5.68.